The van der Waals surface area contributed by atoms with Crippen LogP contribution in [0.25, 0.3) is 0 Å². The van der Waals surface area contributed by atoms with Crippen LogP contribution in [0.2, 0.25) is 0 Å². The van der Waals surface area contributed by atoms with Gasteiger partial charge in [0, 0.05) is 17.3 Å². The van der Waals surface area contributed by atoms with E-state index in [1.807, 2.05) is 0 Å². The molecule has 0 bridgehead atoms. The summed E-state index contributed by atoms with van der Waals surface area (Å²) in [5, 5.41) is 0. The van der Waals surface area contributed by atoms with Gasteiger partial charge in [-0.2, -0.15) is 4.98 Å². The zero-order valence-corrected chi connectivity index (χ0v) is 9.75. The lowest BCUT2D eigenvalue weighted by Crippen LogP contribution is -2.10. The van der Waals surface area contributed by atoms with Gasteiger partial charge in [0.1, 0.15) is 5.75 Å². The van der Waals surface area contributed by atoms with E-state index in [2.05, 4.69) is 9.97 Å². The van der Waals surface area contributed by atoms with E-state index in [1.54, 1.807) is 37.3 Å². The number of benzene rings is 1. The molecule has 92 valence electrons. The Labute approximate surface area is 104 Å². The highest BCUT2D eigenvalue weighted by atomic mass is 16.5. The summed E-state index contributed by atoms with van der Waals surface area (Å²) >= 11 is 0. The highest BCUT2D eigenvalue weighted by molar-refractivity contribution is 5.92. The largest absolute Gasteiger partial charge is 0.439 e. The van der Waals surface area contributed by atoms with Crippen LogP contribution in [-0.4, -0.2) is 15.9 Å². The number of rotatable bonds is 3. The normalized spacial score (nSPS) is 10.1. The predicted octanol–water partition coefficient (Wildman–Crippen LogP) is 1.26. The summed E-state index contributed by atoms with van der Waals surface area (Å²) in [4.78, 5) is 18.8. The summed E-state index contributed by atoms with van der Waals surface area (Å²) in [5.74, 6) is 0.562. The highest BCUT2D eigenvalue weighted by Crippen LogP contribution is 2.20. The zero-order chi connectivity index (χ0) is 13.1. The topological polar surface area (TPSA) is 104 Å². The molecular weight excluding hydrogens is 232 g/mol. The van der Waals surface area contributed by atoms with Crippen molar-refractivity contribution in [1.29, 1.82) is 0 Å². The Kier molecular flexibility index (Phi) is 3.09. The smallest absolute Gasteiger partial charge is 0.248 e. The second-order valence-corrected chi connectivity index (χ2v) is 3.70. The van der Waals surface area contributed by atoms with Crippen LogP contribution in [0.4, 0.5) is 5.95 Å². The van der Waals surface area contributed by atoms with Gasteiger partial charge in [-0.05, 0) is 31.2 Å². The van der Waals surface area contributed by atoms with E-state index in [4.69, 9.17) is 16.2 Å². The molecule has 2 aromatic rings. The van der Waals surface area contributed by atoms with Gasteiger partial charge in [0.2, 0.25) is 17.7 Å². The minimum Gasteiger partial charge on any atom is -0.439 e. The van der Waals surface area contributed by atoms with Crippen molar-refractivity contribution in [3.8, 4) is 11.6 Å². The summed E-state index contributed by atoms with van der Waals surface area (Å²) in [6.07, 6.45) is 0. The molecule has 0 aliphatic carbocycles. The molecule has 18 heavy (non-hydrogen) atoms. The molecule has 0 fully saturated rings. The maximum atomic E-state index is 10.9. The predicted molar refractivity (Wildman–Crippen MR) is 66.2 cm³/mol. The molecule has 0 unspecified atom stereocenters. The Bertz CT molecular complexity index is 561. The van der Waals surface area contributed by atoms with Crippen molar-refractivity contribution < 1.29 is 9.53 Å². The minimum atomic E-state index is -0.483. The Morgan fingerprint density at radius 3 is 2.44 bits per heavy atom. The summed E-state index contributed by atoms with van der Waals surface area (Å²) in [7, 11) is 0. The van der Waals surface area contributed by atoms with E-state index in [0.29, 0.717) is 22.9 Å². The first-order chi connectivity index (χ1) is 8.54. The third kappa shape index (κ3) is 2.73. The van der Waals surface area contributed by atoms with Crippen molar-refractivity contribution in [1.82, 2.24) is 9.97 Å². The van der Waals surface area contributed by atoms with Crippen LogP contribution < -0.4 is 16.2 Å². The van der Waals surface area contributed by atoms with Crippen molar-refractivity contribution in [2.45, 2.75) is 6.92 Å². The van der Waals surface area contributed by atoms with Gasteiger partial charge in [-0.1, -0.05) is 0 Å². The molecule has 0 aliphatic heterocycles. The number of carbonyl (C=O) groups is 1. The fraction of sp³-hybridized carbons (Fsp3) is 0.0833. The van der Waals surface area contributed by atoms with Gasteiger partial charge in [-0.25, -0.2) is 4.98 Å². The number of ether oxygens (including phenoxy) is 1. The maximum absolute atomic E-state index is 10.9. The van der Waals surface area contributed by atoms with E-state index in [-0.39, 0.29) is 5.95 Å². The molecule has 0 atom stereocenters. The minimum absolute atomic E-state index is 0.152. The number of nitrogens with two attached hydrogens (primary N) is 2. The first-order valence-electron chi connectivity index (χ1n) is 5.23. The number of primary amides is 1. The average molecular weight is 244 g/mol. The molecule has 0 saturated heterocycles. The number of aromatic nitrogens is 2. The van der Waals surface area contributed by atoms with Crippen LogP contribution in [-0.2, 0) is 0 Å². The summed E-state index contributed by atoms with van der Waals surface area (Å²) in [6.45, 7) is 1.79. The first kappa shape index (κ1) is 11.8. The molecule has 0 spiro atoms. The van der Waals surface area contributed by atoms with Crippen LogP contribution >= 0.6 is 0 Å². The van der Waals surface area contributed by atoms with E-state index in [0.717, 1.165) is 0 Å². The van der Waals surface area contributed by atoms with Crippen LogP contribution in [0.1, 0.15) is 16.1 Å². The van der Waals surface area contributed by atoms with Crippen LogP contribution in [0, 0.1) is 6.92 Å². The lowest BCUT2D eigenvalue weighted by Gasteiger charge is -2.06. The second-order valence-electron chi connectivity index (χ2n) is 3.70. The van der Waals surface area contributed by atoms with Crippen molar-refractivity contribution in [3.05, 3.63) is 41.6 Å². The molecule has 1 heterocycles. The van der Waals surface area contributed by atoms with Crippen LogP contribution in [0.15, 0.2) is 30.3 Å². The molecule has 1 aromatic heterocycles. The Hall–Kier alpha value is -2.63. The number of aryl methyl sites for hydroxylation is 1. The standard InChI is InChI=1S/C12H12N4O2/c1-7-6-10(16-12(14)15-7)18-9-4-2-8(3-5-9)11(13)17/h2-6H,1H3,(H2,13,17)(H2,14,15,16). The van der Waals surface area contributed by atoms with Gasteiger partial charge in [-0.15, -0.1) is 0 Å². The number of hydrogen-bond donors (Lipinski definition) is 2. The van der Waals surface area contributed by atoms with Gasteiger partial charge < -0.3 is 16.2 Å². The molecule has 1 amide bonds. The molecule has 4 N–H and O–H groups in total. The molecule has 0 radical (unpaired) electrons. The lowest BCUT2D eigenvalue weighted by molar-refractivity contribution is 0.100. The number of nitrogen functional groups attached to an aromatic ring is 1. The van der Waals surface area contributed by atoms with Crippen molar-refractivity contribution in [2.75, 3.05) is 5.73 Å². The van der Waals surface area contributed by atoms with E-state index >= 15 is 0 Å². The first-order valence-corrected chi connectivity index (χ1v) is 5.23. The number of anilines is 1. The molecule has 1 aromatic carbocycles. The van der Waals surface area contributed by atoms with Crippen molar-refractivity contribution in [2.24, 2.45) is 5.73 Å². The quantitative estimate of drug-likeness (QED) is 0.845. The number of nitrogens with zero attached hydrogens (tertiary/aromatic N) is 2. The van der Waals surface area contributed by atoms with Crippen LogP contribution in [0.5, 0.6) is 11.6 Å². The lowest BCUT2D eigenvalue weighted by atomic mass is 10.2. The number of carbonyl (C=O) groups excluding carboxylic acids is 1. The van der Waals surface area contributed by atoms with Crippen LogP contribution in [0.3, 0.4) is 0 Å². The number of hydrogen-bond acceptors (Lipinski definition) is 5. The fourth-order valence-electron chi connectivity index (χ4n) is 1.42. The van der Waals surface area contributed by atoms with Crippen molar-refractivity contribution >= 4 is 11.9 Å². The van der Waals surface area contributed by atoms with Gasteiger partial charge >= 0.3 is 0 Å². The summed E-state index contributed by atoms with van der Waals surface area (Å²) in [6, 6.07) is 8.09. The summed E-state index contributed by atoms with van der Waals surface area (Å²) < 4.78 is 5.49. The van der Waals surface area contributed by atoms with Gasteiger partial charge in [0.05, 0.1) is 0 Å². The second kappa shape index (κ2) is 4.70. The monoisotopic (exact) mass is 244 g/mol. The van der Waals surface area contributed by atoms with Gasteiger partial charge in [0.25, 0.3) is 0 Å². The van der Waals surface area contributed by atoms with Gasteiger partial charge in [-0.3, -0.25) is 4.79 Å². The molecular formula is C12H12N4O2. The third-order valence-corrected chi connectivity index (χ3v) is 2.21. The number of amides is 1. The summed E-state index contributed by atoms with van der Waals surface area (Å²) in [5.41, 5.74) is 11.8. The Balaban J connectivity index is 2.20. The van der Waals surface area contributed by atoms with E-state index in [9.17, 15) is 4.79 Å². The average Bonchev–Trinajstić information content (AvgIpc) is 2.28. The molecule has 0 saturated carbocycles. The van der Waals surface area contributed by atoms with E-state index < -0.39 is 5.91 Å². The Morgan fingerprint density at radius 1 is 1.22 bits per heavy atom. The van der Waals surface area contributed by atoms with Gasteiger partial charge in [0.15, 0.2) is 0 Å². The van der Waals surface area contributed by atoms with E-state index in [1.165, 1.54) is 0 Å². The molecule has 0 aliphatic rings. The Morgan fingerprint density at radius 2 is 1.89 bits per heavy atom. The molecule has 6 nitrogen and oxygen atoms in total. The highest BCUT2D eigenvalue weighted by Gasteiger charge is 2.04. The SMILES string of the molecule is Cc1cc(Oc2ccc(C(N)=O)cc2)nc(N)n1. The molecule has 2 rings (SSSR count). The maximum Gasteiger partial charge on any atom is 0.248 e. The molecule has 6 heteroatoms. The fourth-order valence-corrected chi connectivity index (χ4v) is 1.42. The third-order valence-electron chi connectivity index (χ3n) is 2.21. The zero-order valence-electron chi connectivity index (χ0n) is 9.75. The van der Waals surface area contributed by atoms with Crippen molar-refractivity contribution in [3.63, 3.8) is 0 Å².